The fourth-order valence-corrected chi connectivity index (χ4v) is 2.07. The molecule has 1 aromatic carbocycles. The van der Waals surface area contributed by atoms with Gasteiger partial charge in [0.2, 0.25) is 0 Å². The maximum atomic E-state index is 10.0. The predicted molar refractivity (Wildman–Crippen MR) is 79.2 cm³/mol. The van der Waals surface area contributed by atoms with Crippen LogP contribution in [0.15, 0.2) is 30.3 Å². The molecule has 0 saturated carbocycles. The second-order valence-electron chi connectivity index (χ2n) is 4.88. The van der Waals surface area contributed by atoms with Gasteiger partial charge in [0.1, 0.15) is 5.75 Å². The molecule has 19 heavy (non-hydrogen) atoms. The highest BCUT2D eigenvalue weighted by Crippen LogP contribution is 2.11. The Morgan fingerprint density at radius 1 is 0.789 bits per heavy atom. The quantitative estimate of drug-likeness (QED) is 0.510. The van der Waals surface area contributed by atoms with Crippen molar-refractivity contribution in [2.45, 2.75) is 57.8 Å². The van der Waals surface area contributed by atoms with Crippen molar-refractivity contribution in [3.63, 3.8) is 0 Å². The summed E-state index contributed by atoms with van der Waals surface area (Å²) in [5.74, 6) is 0.967. The summed E-state index contributed by atoms with van der Waals surface area (Å²) in [5, 5.41) is 0. The molecule has 1 rings (SSSR count). The zero-order valence-corrected chi connectivity index (χ0v) is 11.8. The summed E-state index contributed by atoms with van der Waals surface area (Å²) < 4.78 is 5.64. The third-order valence-electron chi connectivity index (χ3n) is 3.19. The van der Waals surface area contributed by atoms with E-state index >= 15 is 0 Å². The molecule has 0 unspecified atom stereocenters. The van der Waals surface area contributed by atoms with Crippen LogP contribution in [-0.4, -0.2) is 12.9 Å². The van der Waals surface area contributed by atoms with Crippen LogP contribution in [0.25, 0.3) is 0 Å². The molecule has 0 amide bonds. The molecule has 0 atom stereocenters. The molecule has 0 spiro atoms. The zero-order chi connectivity index (χ0) is 13.6. The van der Waals surface area contributed by atoms with E-state index in [2.05, 4.69) is 0 Å². The van der Waals surface area contributed by atoms with Gasteiger partial charge in [-0.3, -0.25) is 4.79 Å². The van der Waals surface area contributed by atoms with Gasteiger partial charge in [0.25, 0.3) is 0 Å². The fourth-order valence-electron chi connectivity index (χ4n) is 2.07. The van der Waals surface area contributed by atoms with Gasteiger partial charge >= 0.3 is 0 Å². The highest BCUT2D eigenvalue weighted by molar-refractivity contribution is 5.50. The summed E-state index contributed by atoms with van der Waals surface area (Å²) in [4.78, 5) is 10.0. The van der Waals surface area contributed by atoms with Crippen molar-refractivity contribution >= 4 is 6.29 Å². The summed E-state index contributed by atoms with van der Waals surface area (Å²) in [6.45, 7) is 0.819. The van der Waals surface area contributed by atoms with Crippen molar-refractivity contribution in [2.75, 3.05) is 6.61 Å². The smallest absolute Gasteiger partial charge is 0.198 e. The van der Waals surface area contributed by atoms with Crippen molar-refractivity contribution in [1.82, 2.24) is 0 Å². The lowest BCUT2D eigenvalue weighted by Crippen LogP contribution is -1.96. The Kier molecular flexibility index (Phi) is 9.75. The average Bonchev–Trinajstić information content (AvgIpc) is 2.46. The minimum Gasteiger partial charge on any atom is -0.494 e. The maximum Gasteiger partial charge on any atom is 0.198 e. The Hall–Kier alpha value is -1.31. The Morgan fingerprint density at radius 3 is 2.00 bits per heavy atom. The van der Waals surface area contributed by atoms with Gasteiger partial charge in [-0.1, -0.05) is 56.7 Å². The lowest BCUT2D eigenvalue weighted by molar-refractivity contribution is 0.304. The van der Waals surface area contributed by atoms with Crippen LogP contribution in [0.1, 0.15) is 57.8 Å². The fraction of sp³-hybridized carbons (Fsp3) is 0.588. The minimum atomic E-state index is 0.608. The topological polar surface area (TPSA) is 26.3 Å². The minimum absolute atomic E-state index is 0.608. The molecule has 0 heterocycles. The Balaban J connectivity index is 1.80. The van der Waals surface area contributed by atoms with Crippen LogP contribution in [0, 0.1) is 0 Å². The highest BCUT2D eigenvalue weighted by atomic mass is 16.5. The Morgan fingerprint density at radius 2 is 1.37 bits per heavy atom. The first kappa shape index (κ1) is 15.7. The van der Waals surface area contributed by atoms with E-state index in [1.165, 1.54) is 38.5 Å². The summed E-state index contributed by atoms with van der Waals surface area (Å²) in [6.07, 6.45) is 12.2. The van der Waals surface area contributed by atoms with Crippen LogP contribution in [0.4, 0.5) is 0 Å². The first-order valence-electron chi connectivity index (χ1n) is 7.46. The molecule has 2 nitrogen and oxygen atoms in total. The molecule has 1 aromatic rings. The van der Waals surface area contributed by atoms with Crippen molar-refractivity contribution in [3.8, 4) is 5.75 Å². The number of unbranched alkanes of at least 4 members (excludes halogenated alkanes) is 8. The third-order valence-corrected chi connectivity index (χ3v) is 3.19. The van der Waals surface area contributed by atoms with Crippen LogP contribution in [0.2, 0.25) is 0 Å². The molecule has 105 valence electrons. The molecule has 0 bridgehead atoms. The van der Waals surface area contributed by atoms with Gasteiger partial charge in [-0.05, 0) is 25.0 Å². The van der Waals surface area contributed by atoms with E-state index in [1.54, 1.807) is 0 Å². The summed E-state index contributed by atoms with van der Waals surface area (Å²) in [5.41, 5.74) is 0. The van der Waals surface area contributed by atoms with E-state index in [-0.39, 0.29) is 0 Å². The van der Waals surface area contributed by atoms with Gasteiger partial charge in [-0.2, -0.15) is 0 Å². The second kappa shape index (κ2) is 11.8. The first-order chi connectivity index (χ1) is 9.43. The molecule has 0 aliphatic heterocycles. The van der Waals surface area contributed by atoms with Gasteiger partial charge in [0.15, 0.2) is 6.29 Å². The van der Waals surface area contributed by atoms with Gasteiger partial charge < -0.3 is 4.74 Å². The second-order valence-corrected chi connectivity index (χ2v) is 4.88. The zero-order valence-electron chi connectivity index (χ0n) is 11.8. The number of ether oxygens (including phenoxy) is 1. The number of benzene rings is 1. The van der Waals surface area contributed by atoms with E-state index in [4.69, 9.17) is 4.74 Å². The van der Waals surface area contributed by atoms with E-state index in [9.17, 15) is 4.79 Å². The van der Waals surface area contributed by atoms with E-state index in [0.29, 0.717) is 6.42 Å². The molecule has 0 N–H and O–H groups in total. The van der Waals surface area contributed by atoms with Crippen LogP contribution >= 0.6 is 0 Å². The average molecular weight is 261 g/mol. The number of hydrogen-bond donors (Lipinski definition) is 0. The molecular weight excluding hydrogens is 236 g/mol. The lowest BCUT2D eigenvalue weighted by atomic mass is 10.1. The van der Waals surface area contributed by atoms with Crippen molar-refractivity contribution in [2.24, 2.45) is 0 Å². The summed E-state index contributed by atoms with van der Waals surface area (Å²) in [6, 6.07) is 9.99. The highest BCUT2D eigenvalue weighted by Gasteiger charge is 1.94. The molecule has 1 radical (unpaired) electrons. The number of rotatable bonds is 12. The monoisotopic (exact) mass is 261 g/mol. The van der Waals surface area contributed by atoms with Crippen LogP contribution in [0.5, 0.6) is 5.75 Å². The molecule has 0 aliphatic carbocycles. The normalized spacial score (nSPS) is 10.3. The molecule has 0 aliphatic rings. The largest absolute Gasteiger partial charge is 0.494 e. The van der Waals surface area contributed by atoms with Crippen LogP contribution < -0.4 is 4.74 Å². The molecule has 0 aromatic heterocycles. The Bertz CT molecular complexity index is 308. The van der Waals surface area contributed by atoms with E-state index in [1.807, 2.05) is 36.6 Å². The maximum absolute atomic E-state index is 10.0. The predicted octanol–water partition coefficient (Wildman–Crippen LogP) is 4.69. The van der Waals surface area contributed by atoms with Gasteiger partial charge in [0, 0.05) is 6.42 Å². The SMILES string of the molecule is O=[C]CCCCCCCCCCOc1ccccc1. The van der Waals surface area contributed by atoms with Gasteiger partial charge in [0.05, 0.1) is 6.61 Å². The molecule has 0 saturated heterocycles. The number of carbonyl (C=O) groups excluding carboxylic acids is 1. The summed E-state index contributed by atoms with van der Waals surface area (Å²) in [7, 11) is 0. The molecule has 2 heteroatoms. The van der Waals surface area contributed by atoms with E-state index in [0.717, 1.165) is 25.2 Å². The molecular formula is C17H25O2. The van der Waals surface area contributed by atoms with E-state index < -0.39 is 0 Å². The summed E-state index contributed by atoms with van der Waals surface area (Å²) >= 11 is 0. The Labute approximate surface area is 117 Å². The van der Waals surface area contributed by atoms with Gasteiger partial charge in [-0.15, -0.1) is 0 Å². The van der Waals surface area contributed by atoms with Crippen molar-refractivity contribution in [3.05, 3.63) is 30.3 Å². The van der Waals surface area contributed by atoms with Crippen molar-refractivity contribution in [1.29, 1.82) is 0 Å². The van der Waals surface area contributed by atoms with Crippen molar-refractivity contribution < 1.29 is 9.53 Å². The third kappa shape index (κ3) is 9.29. The number of hydrogen-bond acceptors (Lipinski definition) is 2. The molecule has 0 fully saturated rings. The van der Waals surface area contributed by atoms with Crippen LogP contribution in [0.3, 0.4) is 0 Å². The van der Waals surface area contributed by atoms with Gasteiger partial charge in [-0.25, -0.2) is 0 Å². The number of para-hydroxylation sites is 1. The lowest BCUT2D eigenvalue weighted by Gasteiger charge is -2.05. The first-order valence-corrected chi connectivity index (χ1v) is 7.46. The van der Waals surface area contributed by atoms with Crippen LogP contribution in [-0.2, 0) is 4.79 Å². The standard InChI is InChI=1S/C17H25O2/c18-15-11-6-4-2-1-3-5-7-12-16-19-17-13-9-8-10-14-17/h8-10,13-14H,1-7,11-12,16H2.